The van der Waals surface area contributed by atoms with E-state index in [-0.39, 0.29) is 11.7 Å². The third-order valence-corrected chi connectivity index (χ3v) is 6.13. The van der Waals surface area contributed by atoms with Gasteiger partial charge in [-0.25, -0.2) is 9.37 Å². The zero-order chi connectivity index (χ0) is 20.2. The van der Waals surface area contributed by atoms with E-state index in [1.807, 2.05) is 12.1 Å². The van der Waals surface area contributed by atoms with Gasteiger partial charge in [0.25, 0.3) is 5.91 Å². The molecule has 3 aromatic rings. The van der Waals surface area contributed by atoms with Crippen LogP contribution in [0.3, 0.4) is 0 Å². The van der Waals surface area contributed by atoms with Crippen molar-refractivity contribution < 1.29 is 13.9 Å². The maximum Gasteiger partial charge on any atom is 0.255 e. The van der Waals surface area contributed by atoms with E-state index < -0.39 is 0 Å². The fourth-order valence-electron chi connectivity index (χ4n) is 3.44. The van der Waals surface area contributed by atoms with Gasteiger partial charge in [-0.2, -0.15) is 0 Å². The average molecular weight is 415 g/mol. The van der Waals surface area contributed by atoms with Crippen LogP contribution in [-0.4, -0.2) is 62.2 Å². The number of anilines is 1. The number of carbonyl (C=O) groups excluding carboxylic acids is 1. The molecule has 2 aromatic carbocycles. The van der Waals surface area contributed by atoms with Crippen LogP contribution in [0.15, 0.2) is 42.5 Å². The number of piperazine rings is 1. The van der Waals surface area contributed by atoms with E-state index in [1.54, 1.807) is 25.3 Å². The molecule has 152 valence electrons. The Balaban J connectivity index is 1.26. The van der Waals surface area contributed by atoms with Gasteiger partial charge in [0.1, 0.15) is 11.6 Å². The molecular formula is C21H23FN4O2S. The predicted molar refractivity (Wildman–Crippen MR) is 114 cm³/mol. The summed E-state index contributed by atoms with van der Waals surface area (Å²) in [4.78, 5) is 21.6. The van der Waals surface area contributed by atoms with Gasteiger partial charge in [0.15, 0.2) is 5.13 Å². The van der Waals surface area contributed by atoms with Crippen LogP contribution in [0.2, 0.25) is 0 Å². The van der Waals surface area contributed by atoms with Crippen LogP contribution in [0.1, 0.15) is 10.4 Å². The van der Waals surface area contributed by atoms with Gasteiger partial charge in [-0.05, 0) is 30.3 Å². The number of methoxy groups -OCH3 is 1. The molecule has 1 saturated heterocycles. The Morgan fingerprint density at radius 2 is 2.00 bits per heavy atom. The van der Waals surface area contributed by atoms with Crippen LogP contribution >= 0.6 is 11.3 Å². The molecule has 1 aliphatic rings. The number of aromatic nitrogens is 1. The Morgan fingerprint density at radius 1 is 1.21 bits per heavy atom. The van der Waals surface area contributed by atoms with E-state index >= 15 is 0 Å². The molecule has 8 heteroatoms. The molecule has 6 nitrogen and oxygen atoms in total. The van der Waals surface area contributed by atoms with Crippen molar-refractivity contribution in [3.63, 3.8) is 0 Å². The molecule has 1 aliphatic heterocycles. The quantitative estimate of drug-likeness (QED) is 0.672. The minimum absolute atomic E-state index is 0.122. The molecule has 1 N–H and O–H groups in total. The lowest BCUT2D eigenvalue weighted by atomic mass is 10.2. The first-order valence-electron chi connectivity index (χ1n) is 9.58. The van der Waals surface area contributed by atoms with Gasteiger partial charge < -0.3 is 15.0 Å². The highest BCUT2D eigenvalue weighted by Crippen LogP contribution is 2.29. The maximum absolute atomic E-state index is 13.4. The van der Waals surface area contributed by atoms with Crippen LogP contribution in [0.25, 0.3) is 10.2 Å². The summed E-state index contributed by atoms with van der Waals surface area (Å²) in [7, 11) is 1.56. The number of nitrogens with one attached hydrogen (secondary N) is 1. The number of ether oxygens (including phenoxy) is 1. The highest BCUT2D eigenvalue weighted by atomic mass is 32.1. The van der Waals surface area contributed by atoms with Crippen molar-refractivity contribution in [1.29, 1.82) is 0 Å². The Bertz CT molecular complexity index is 1000. The second-order valence-electron chi connectivity index (χ2n) is 6.89. The zero-order valence-electron chi connectivity index (χ0n) is 16.2. The zero-order valence-corrected chi connectivity index (χ0v) is 17.0. The molecule has 0 saturated carbocycles. The van der Waals surface area contributed by atoms with Gasteiger partial charge >= 0.3 is 0 Å². The van der Waals surface area contributed by atoms with Crippen molar-refractivity contribution >= 4 is 32.6 Å². The second kappa shape index (κ2) is 8.75. The standard InChI is InChI=1S/C21H23FN4O2S/c1-28-18-5-3-2-4-16(18)20(27)23-8-9-25-10-12-26(13-11-25)21-24-17-7-6-15(22)14-19(17)29-21/h2-7,14H,8-13H2,1H3,(H,23,27). The van der Waals surface area contributed by atoms with Crippen LogP contribution in [0.4, 0.5) is 9.52 Å². The summed E-state index contributed by atoms with van der Waals surface area (Å²) >= 11 is 1.53. The molecule has 1 fully saturated rings. The second-order valence-corrected chi connectivity index (χ2v) is 7.90. The first-order valence-corrected chi connectivity index (χ1v) is 10.4. The van der Waals surface area contributed by atoms with E-state index in [1.165, 1.54) is 23.5 Å². The van der Waals surface area contributed by atoms with Gasteiger partial charge in [0.05, 0.1) is 22.9 Å². The first-order chi connectivity index (χ1) is 14.1. The Labute approximate surface area is 172 Å². The lowest BCUT2D eigenvalue weighted by molar-refractivity contribution is 0.0944. The summed E-state index contributed by atoms with van der Waals surface area (Å²) in [6, 6.07) is 11.9. The van der Waals surface area contributed by atoms with E-state index in [2.05, 4.69) is 20.1 Å². The number of para-hydroxylation sites is 1. The number of nitrogens with zero attached hydrogens (tertiary/aromatic N) is 3. The van der Waals surface area contributed by atoms with Crippen LogP contribution in [0, 0.1) is 5.82 Å². The molecule has 0 atom stereocenters. The SMILES string of the molecule is COc1ccccc1C(=O)NCCN1CCN(c2nc3ccc(F)cc3s2)CC1. The fourth-order valence-corrected chi connectivity index (χ4v) is 4.48. The summed E-state index contributed by atoms with van der Waals surface area (Å²) in [6.45, 7) is 4.90. The summed E-state index contributed by atoms with van der Waals surface area (Å²) in [5.41, 5.74) is 1.39. The highest BCUT2D eigenvalue weighted by molar-refractivity contribution is 7.22. The molecule has 0 aliphatic carbocycles. The molecule has 29 heavy (non-hydrogen) atoms. The van der Waals surface area contributed by atoms with Gasteiger partial charge in [0, 0.05) is 39.3 Å². The maximum atomic E-state index is 13.4. The summed E-state index contributed by atoms with van der Waals surface area (Å²) in [6.07, 6.45) is 0. The van der Waals surface area contributed by atoms with Crippen molar-refractivity contribution in [3.8, 4) is 5.75 Å². The van der Waals surface area contributed by atoms with E-state index in [9.17, 15) is 9.18 Å². The van der Waals surface area contributed by atoms with Crippen molar-refractivity contribution in [2.75, 3.05) is 51.3 Å². The third-order valence-electron chi connectivity index (χ3n) is 5.05. The number of carbonyl (C=O) groups is 1. The fraction of sp³-hybridized carbons (Fsp3) is 0.333. The monoisotopic (exact) mass is 414 g/mol. The number of fused-ring (bicyclic) bond motifs is 1. The Morgan fingerprint density at radius 3 is 2.79 bits per heavy atom. The number of halogens is 1. The molecule has 4 rings (SSSR count). The van der Waals surface area contributed by atoms with Gasteiger partial charge in [-0.3, -0.25) is 9.69 Å². The minimum atomic E-state index is -0.229. The van der Waals surface area contributed by atoms with Crippen molar-refractivity contribution in [2.45, 2.75) is 0 Å². The van der Waals surface area contributed by atoms with Crippen molar-refractivity contribution in [1.82, 2.24) is 15.2 Å². The normalized spacial score (nSPS) is 14.9. The number of benzene rings is 2. The molecule has 2 heterocycles. The molecule has 0 spiro atoms. The number of rotatable bonds is 6. The van der Waals surface area contributed by atoms with Crippen LogP contribution < -0.4 is 15.0 Å². The van der Waals surface area contributed by atoms with Gasteiger partial charge in [0.2, 0.25) is 0 Å². The Kier molecular flexibility index (Phi) is 5.92. The minimum Gasteiger partial charge on any atom is -0.496 e. The Hall–Kier alpha value is -2.71. The molecule has 1 amide bonds. The summed E-state index contributed by atoms with van der Waals surface area (Å²) in [5.74, 6) is 0.227. The number of amides is 1. The summed E-state index contributed by atoms with van der Waals surface area (Å²) < 4.78 is 19.5. The predicted octanol–water partition coefficient (Wildman–Crippen LogP) is 3.00. The van der Waals surface area contributed by atoms with Crippen LogP contribution in [0.5, 0.6) is 5.75 Å². The number of thiazole rings is 1. The first kappa shape index (κ1) is 19.6. The largest absolute Gasteiger partial charge is 0.496 e. The topological polar surface area (TPSA) is 57.7 Å². The van der Waals surface area contributed by atoms with E-state index in [0.29, 0.717) is 17.9 Å². The highest BCUT2D eigenvalue weighted by Gasteiger charge is 2.20. The molecule has 0 radical (unpaired) electrons. The van der Waals surface area contributed by atoms with Gasteiger partial charge in [-0.15, -0.1) is 0 Å². The molecule has 0 bridgehead atoms. The third kappa shape index (κ3) is 4.49. The van der Waals surface area contributed by atoms with Gasteiger partial charge in [-0.1, -0.05) is 23.5 Å². The number of hydrogen-bond donors (Lipinski definition) is 1. The van der Waals surface area contributed by atoms with Crippen molar-refractivity contribution in [3.05, 3.63) is 53.8 Å². The smallest absolute Gasteiger partial charge is 0.255 e. The van der Waals surface area contributed by atoms with Crippen molar-refractivity contribution in [2.24, 2.45) is 0 Å². The van der Waals surface area contributed by atoms with E-state index in [0.717, 1.165) is 48.1 Å². The average Bonchev–Trinajstić information content (AvgIpc) is 3.17. The lowest BCUT2D eigenvalue weighted by Gasteiger charge is -2.34. The number of hydrogen-bond acceptors (Lipinski definition) is 6. The molecule has 1 aromatic heterocycles. The van der Waals surface area contributed by atoms with E-state index in [4.69, 9.17) is 4.74 Å². The molecule has 0 unspecified atom stereocenters. The van der Waals surface area contributed by atoms with Crippen LogP contribution in [-0.2, 0) is 0 Å². The summed E-state index contributed by atoms with van der Waals surface area (Å²) in [5, 5.41) is 3.91. The molecular weight excluding hydrogens is 391 g/mol. The lowest BCUT2D eigenvalue weighted by Crippen LogP contribution is -2.48.